The van der Waals surface area contributed by atoms with Gasteiger partial charge in [-0.2, -0.15) is 0 Å². The Hall–Kier alpha value is -0.0151. The van der Waals surface area contributed by atoms with Gasteiger partial charge in [-0.05, 0) is 278 Å². The van der Waals surface area contributed by atoms with Gasteiger partial charge in [0.15, 0.2) is 6.71 Å². The van der Waals surface area contributed by atoms with Crippen LogP contribution in [0, 0.1) is 164 Å². The zero-order chi connectivity index (χ0) is 70.0. The second-order valence-corrected chi connectivity index (χ2v) is 47.9. The Morgan fingerprint density at radius 3 is 0.893 bits per heavy atom. The van der Waals surface area contributed by atoms with E-state index in [-0.39, 0.29) is 0 Å². The van der Waals surface area contributed by atoms with Crippen LogP contribution in [0.5, 0.6) is 0 Å². The summed E-state index contributed by atoms with van der Waals surface area (Å²) in [6, 6.07) is 5.07. The fourth-order valence-electron chi connectivity index (χ4n) is 36.0. The van der Waals surface area contributed by atoms with E-state index in [2.05, 4.69) is 72.1 Å². The summed E-state index contributed by atoms with van der Waals surface area (Å²) in [6.45, 7) is 25.9. The third kappa shape index (κ3) is 14.5. The lowest BCUT2D eigenvalue weighted by atomic mass is 9.18. The first kappa shape index (κ1) is 74.4. The molecule has 0 aromatic rings. The standard InChI is InChI=1S/C100H169BN2/c1-98(2,3)78-51-73-45-46-74-52-79(99(4,5)6)61-86-81(58-77(53-78)93(73)94(74)86)72-48-50-88-90(60-72)103(97-84(69-41-27-15-28-42-69)56-76(66-35-21-12-22-36-66)57-85(97)70-43-29-16-30-44-70)92-63-80(100(7,8)9)62-91-95(92)101(88)87-49-47-71(64-31-17-10-18-32-64)59-89(87)102(91)96-82(67-37-23-13-24-38-67)54-75(65-33-19-11-20-34-65)55-83(96)68-39-25-14-26-40-68/h64-97H,10-63H2,1-9H3. The molecule has 0 aromatic carbocycles. The molecule has 16 aliphatic carbocycles. The molecule has 18 rings (SSSR count). The lowest BCUT2D eigenvalue weighted by Gasteiger charge is -2.73. The van der Waals surface area contributed by atoms with Gasteiger partial charge >= 0.3 is 0 Å². The fourth-order valence-corrected chi connectivity index (χ4v) is 36.0. The minimum absolute atomic E-state index is 0.342. The SMILES string of the molecule is CC(C)(C)C1CC2CCC3CC(C(C)(C)C)CC4C(C5CCC6B7C8CCC(C9CCCCC9)CC8N(C8C(C9CCCCC9)CC(C9CCCCC9)CC8C8CCCCC8)C8CC(C(C)(C)C)CC(C78)N(C7C(C8CCCCC8)CC(C8CCCCC8)CC7C7CCCCC7)C6C5)CC(C1)C2C34. The number of hydrogen-bond acceptors (Lipinski definition) is 2. The predicted molar refractivity (Wildman–Crippen MR) is 438 cm³/mol. The van der Waals surface area contributed by atoms with E-state index in [9.17, 15) is 0 Å². The van der Waals surface area contributed by atoms with Gasteiger partial charge in [-0.25, -0.2) is 0 Å². The summed E-state index contributed by atoms with van der Waals surface area (Å²) < 4.78 is 0. The molecule has 0 bridgehead atoms. The van der Waals surface area contributed by atoms with Gasteiger partial charge in [0.25, 0.3) is 0 Å². The minimum Gasteiger partial charge on any atom is -0.295 e. The second kappa shape index (κ2) is 31.1. The lowest BCUT2D eigenvalue weighted by Crippen LogP contribution is -2.77. The number of rotatable bonds is 10. The Labute approximate surface area is 639 Å². The van der Waals surface area contributed by atoms with Crippen LogP contribution in [0.3, 0.4) is 0 Å². The molecule has 2 heterocycles. The first-order valence-corrected chi connectivity index (χ1v) is 49.5. The molecule has 2 nitrogen and oxygen atoms in total. The largest absolute Gasteiger partial charge is 0.295 e. The Kier molecular flexibility index (Phi) is 22.4. The Balaban J connectivity index is 0.816. The molecular formula is C100H169BN2. The topological polar surface area (TPSA) is 6.48 Å². The summed E-state index contributed by atoms with van der Waals surface area (Å²) in [4.78, 5) is 8.03. The van der Waals surface area contributed by atoms with Crippen molar-refractivity contribution in [2.24, 2.45) is 164 Å². The molecule has 582 valence electrons. The maximum atomic E-state index is 4.04. The molecule has 2 aliphatic heterocycles. The van der Waals surface area contributed by atoms with Crippen LogP contribution >= 0.6 is 0 Å². The number of nitrogens with zero attached hydrogens (tertiary/aromatic N) is 2. The zero-order valence-electron chi connectivity index (χ0n) is 69.8. The average molecular weight is 1410 g/mol. The van der Waals surface area contributed by atoms with Gasteiger partial charge in [-0.15, -0.1) is 0 Å². The molecule has 3 heteroatoms. The summed E-state index contributed by atoms with van der Waals surface area (Å²) in [7, 11) is 0. The maximum Gasteiger partial charge on any atom is 0.156 e. The van der Waals surface area contributed by atoms with Crippen LogP contribution in [0.25, 0.3) is 0 Å². The highest BCUT2D eigenvalue weighted by Gasteiger charge is 2.70. The first-order chi connectivity index (χ1) is 50.0. The molecule has 18 fully saturated rings. The van der Waals surface area contributed by atoms with Crippen LogP contribution in [0.15, 0.2) is 0 Å². The van der Waals surface area contributed by atoms with E-state index in [1.807, 2.05) is 0 Å². The summed E-state index contributed by atoms with van der Waals surface area (Å²) in [5, 5.41) is 0. The van der Waals surface area contributed by atoms with Crippen molar-refractivity contribution < 1.29 is 0 Å². The molecule has 103 heavy (non-hydrogen) atoms. The van der Waals surface area contributed by atoms with Gasteiger partial charge in [0.2, 0.25) is 0 Å². The lowest BCUT2D eigenvalue weighted by molar-refractivity contribution is -0.161. The highest BCUT2D eigenvalue weighted by molar-refractivity contribution is 6.65. The molecule has 0 amide bonds. The number of fused-ring (bicyclic) bond motifs is 4. The van der Waals surface area contributed by atoms with Crippen molar-refractivity contribution in [3.05, 3.63) is 0 Å². The Bertz CT molecular complexity index is 2650. The van der Waals surface area contributed by atoms with E-state index in [0.717, 1.165) is 208 Å². The summed E-state index contributed by atoms with van der Waals surface area (Å²) in [5.74, 6) is 27.6. The van der Waals surface area contributed by atoms with Crippen LogP contribution < -0.4 is 0 Å². The summed E-state index contributed by atoms with van der Waals surface area (Å²) in [6.07, 6.45) is 85.6. The van der Waals surface area contributed by atoms with Crippen molar-refractivity contribution in [1.82, 2.24) is 9.80 Å². The molecule has 18 aliphatic rings. The van der Waals surface area contributed by atoms with Gasteiger partial charge in [-0.3, -0.25) is 9.80 Å². The van der Waals surface area contributed by atoms with Crippen LogP contribution in [-0.4, -0.2) is 52.8 Å². The molecule has 0 spiro atoms. The summed E-state index contributed by atoms with van der Waals surface area (Å²) >= 11 is 0. The highest BCUT2D eigenvalue weighted by Crippen LogP contribution is 2.72. The molecular weight excluding hydrogens is 1240 g/mol. The molecule has 23 unspecified atom stereocenters. The van der Waals surface area contributed by atoms with Gasteiger partial charge in [0, 0.05) is 36.3 Å². The van der Waals surface area contributed by atoms with E-state index < -0.39 is 0 Å². The molecule has 0 N–H and O–H groups in total. The maximum absolute atomic E-state index is 4.04. The predicted octanol–water partition coefficient (Wildman–Crippen LogP) is 28.3. The van der Waals surface area contributed by atoms with Gasteiger partial charge in [-0.1, -0.05) is 313 Å². The van der Waals surface area contributed by atoms with Crippen molar-refractivity contribution in [3.8, 4) is 0 Å². The van der Waals surface area contributed by atoms with Gasteiger partial charge in [0.1, 0.15) is 0 Å². The van der Waals surface area contributed by atoms with Crippen molar-refractivity contribution in [2.75, 3.05) is 0 Å². The normalized spacial score (nSPS) is 47.6. The minimum atomic E-state index is 0.342. The van der Waals surface area contributed by atoms with Gasteiger partial charge in [0.05, 0.1) is 0 Å². The molecule has 16 saturated carbocycles. The third-order valence-corrected chi connectivity index (χ3v) is 40.6. The van der Waals surface area contributed by atoms with Crippen LogP contribution in [-0.2, 0) is 0 Å². The smallest absolute Gasteiger partial charge is 0.156 e. The van der Waals surface area contributed by atoms with E-state index in [1.165, 1.54) is 44.9 Å². The van der Waals surface area contributed by atoms with Crippen molar-refractivity contribution in [3.63, 3.8) is 0 Å². The number of hydrogen-bond donors (Lipinski definition) is 0. The average Bonchev–Trinajstić information content (AvgIpc) is 0.697. The van der Waals surface area contributed by atoms with E-state index >= 15 is 0 Å². The van der Waals surface area contributed by atoms with Gasteiger partial charge < -0.3 is 0 Å². The van der Waals surface area contributed by atoms with Crippen LogP contribution in [0.2, 0.25) is 17.5 Å². The fraction of sp³-hybridized carbons (Fsp3) is 1.00. The summed E-state index contributed by atoms with van der Waals surface area (Å²) in [5.41, 5.74) is 1.22. The first-order valence-electron chi connectivity index (χ1n) is 49.5. The Morgan fingerprint density at radius 1 is 0.204 bits per heavy atom. The highest BCUT2D eigenvalue weighted by atomic mass is 15.3. The molecule has 0 aromatic heterocycles. The van der Waals surface area contributed by atoms with E-state index in [0.29, 0.717) is 16.2 Å². The van der Waals surface area contributed by atoms with Crippen LogP contribution in [0.4, 0.5) is 0 Å². The molecule has 23 atom stereocenters. The Morgan fingerprint density at radius 2 is 0.505 bits per heavy atom. The van der Waals surface area contributed by atoms with Crippen LogP contribution in [0.1, 0.15) is 409 Å². The monoisotopic (exact) mass is 1410 g/mol. The zero-order valence-corrected chi connectivity index (χ0v) is 69.8. The molecule has 0 radical (unpaired) electrons. The van der Waals surface area contributed by atoms with Crippen molar-refractivity contribution in [2.45, 2.75) is 463 Å². The molecule has 2 saturated heterocycles. The van der Waals surface area contributed by atoms with E-state index in [1.54, 1.807) is 302 Å². The van der Waals surface area contributed by atoms with E-state index in [4.69, 9.17) is 0 Å². The quantitative estimate of drug-likeness (QED) is 0.201. The van der Waals surface area contributed by atoms with Crippen molar-refractivity contribution >= 4 is 6.71 Å². The second-order valence-electron chi connectivity index (χ2n) is 47.9. The van der Waals surface area contributed by atoms with Crippen molar-refractivity contribution in [1.29, 1.82) is 0 Å². The third-order valence-electron chi connectivity index (χ3n) is 40.6.